The molecule has 2 unspecified atom stereocenters. The Labute approximate surface area is 85.7 Å². The molecule has 0 aromatic carbocycles. The number of rotatable bonds is 4. The van der Waals surface area contributed by atoms with E-state index in [1.807, 2.05) is 0 Å². The third kappa shape index (κ3) is 3.29. The van der Waals surface area contributed by atoms with Gasteiger partial charge < -0.3 is 10.8 Å². The van der Waals surface area contributed by atoms with Crippen molar-refractivity contribution in [1.82, 2.24) is 0 Å². The Balaban J connectivity index is 2.32. The Morgan fingerprint density at radius 2 is 2.00 bits per heavy atom. The fourth-order valence-corrected chi connectivity index (χ4v) is 2.40. The molecular weight excluding hydrogens is 178 g/mol. The maximum atomic E-state index is 10.6. The lowest BCUT2D eigenvalue weighted by Gasteiger charge is -2.28. The largest absolute Gasteiger partial charge is 0.480 e. The summed E-state index contributed by atoms with van der Waals surface area (Å²) in [6, 6.07) is -0.674. The van der Waals surface area contributed by atoms with E-state index in [0.29, 0.717) is 18.3 Å². The van der Waals surface area contributed by atoms with Crippen LogP contribution in [0.5, 0.6) is 0 Å². The Kier molecular flexibility index (Phi) is 4.39. The van der Waals surface area contributed by atoms with Crippen LogP contribution in [-0.4, -0.2) is 17.1 Å². The topological polar surface area (TPSA) is 63.3 Å². The number of carboxylic acids is 1. The van der Waals surface area contributed by atoms with Crippen LogP contribution < -0.4 is 5.73 Å². The Morgan fingerprint density at radius 1 is 1.43 bits per heavy atom. The zero-order valence-electron chi connectivity index (χ0n) is 8.91. The second kappa shape index (κ2) is 5.35. The summed E-state index contributed by atoms with van der Waals surface area (Å²) < 4.78 is 0. The summed E-state index contributed by atoms with van der Waals surface area (Å²) in [6.45, 7) is 2.14. The second-order valence-electron chi connectivity index (χ2n) is 4.56. The molecule has 3 N–H and O–H groups in total. The molecule has 1 rings (SSSR count). The minimum Gasteiger partial charge on any atom is -0.480 e. The highest BCUT2D eigenvalue weighted by molar-refractivity contribution is 5.73. The quantitative estimate of drug-likeness (QED) is 0.728. The number of hydrogen-bond donors (Lipinski definition) is 2. The molecule has 14 heavy (non-hydrogen) atoms. The van der Waals surface area contributed by atoms with Crippen LogP contribution in [0.25, 0.3) is 0 Å². The van der Waals surface area contributed by atoms with Crippen molar-refractivity contribution >= 4 is 5.97 Å². The number of aliphatic carboxylic acids is 1. The fraction of sp³-hybridized carbons (Fsp3) is 0.909. The summed E-state index contributed by atoms with van der Waals surface area (Å²) in [5.74, 6) is 0.295. The van der Waals surface area contributed by atoms with E-state index in [1.165, 1.54) is 32.1 Å². The molecule has 0 spiro atoms. The van der Waals surface area contributed by atoms with Gasteiger partial charge in [0.15, 0.2) is 0 Å². The number of carbonyl (C=O) groups is 1. The first-order valence-electron chi connectivity index (χ1n) is 5.59. The number of hydrogen-bond acceptors (Lipinski definition) is 2. The zero-order chi connectivity index (χ0) is 10.6. The van der Waals surface area contributed by atoms with Crippen LogP contribution in [0, 0.1) is 11.8 Å². The summed E-state index contributed by atoms with van der Waals surface area (Å²) >= 11 is 0. The van der Waals surface area contributed by atoms with E-state index in [4.69, 9.17) is 10.8 Å². The number of nitrogens with two attached hydrogens (primary N) is 1. The molecule has 2 atom stereocenters. The minimum atomic E-state index is -0.868. The molecule has 0 bridgehead atoms. The molecule has 0 aromatic rings. The second-order valence-corrected chi connectivity index (χ2v) is 4.56. The van der Waals surface area contributed by atoms with Crippen molar-refractivity contribution in [2.75, 3.05) is 0 Å². The van der Waals surface area contributed by atoms with Gasteiger partial charge in [0.2, 0.25) is 0 Å². The zero-order valence-corrected chi connectivity index (χ0v) is 8.91. The van der Waals surface area contributed by atoms with Gasteiger partial charge in [-0.05, 0) is 18.3 Å². The molecule has 1 aliphatic rings. The first kappa shape index (κ1) is 11.5. The average Bonchev–Trinajstić information content (AvgIpc) is 2.19. The predicted octanol–water partition coefficient (Wildman–Crippen LogP) is 2.00. The van der Waals surface area contributed by atoms with E-state index in [9.17, 15) is 4.79 Å². The number of carboxylic acid groups (broad SMARTS) is 1. The standard InChI is InChI=1S/C11H21NO2/c1-8(7-10(12)11(13)14)9-5-3-2-4-6-9/h8-10H,2-7,12H2,1H3,(H,13,14). The SMILES string of the molecule is CC(CC(N)C(=O)O)C1CCCCC1. The van der Waals surface area contributed by atoms with Gasteiger partial charge in [-0.2, -0.15) is 0 Å². The van der Waals surface area contributed by atoms with E-state index < -0.39 is 12.0 Å². The van der Waals surface area contributed by atoms with Crippen LogP contribution in [0.4, 0.5) is 0 Å². The highest BCUT2D eigenvalue weighted by Gasteiger charge is 2.23. The van der Waals surface area contributed by atoms with Crippen LogP contribution in [0.1, 0.15) is 45.4 Å². The molecule has 3 nitrogen and oxygen atoms in total. The van der Waals surface area contributed by atoms with Crippen molar-refractivity contribution in [3.8, 4) is 0 Å². The van der Waals surface area contributed by atoms with Crippen LogP contribution in [0.2, 0.25) is 0 Å². The Morgan fingerprint density at radius 3 is 2.50 bits per heavy atom. The van der Waals surface area contributed by atoms with Crippen molar-refractivity contribution in [3.63, 3.8) is 0 Å². The molecule has 0 aromatic heterocycles. The summed E-state index contributed by atoms with van der Waals surface area (Å²) in [7, 11) is 0. The lowest BCUT2D eigenvalue weighted by atomic mass is 9.78. The third-order valence-electron chi connectivity index (χ3n) is 3.40. The molecule has 0 saturated heterocycles. The highest BCUT2D eigenvalue weighted by Crippen LogP contribution is 2.31. The molecule has 1 aliphatic carbocycles. The van der Waals surface area contributed by atoms with E-state index in [0.717, 1.165) is 0 Å². The molecular formula is C11H21NO2. The Bertz CT molecular complexity index is 188. The maximum absolute atomic E-state index is 10.6. The molecule has 0 amide bonds. The smallest absolute Gasteiger partial charge is 0.320 e. The van der Waals surface area contributed by atoms with Gasteiger partial charge in [-0.3, -0.25) is 4.79 Å². The van der Waals surface area contributed by atoms with Gasteiger partial charge >= 0.3 is 5.97 Å². The van der Waals surface area contributed by atoms with Crippen molar-refractivity contribution in [2.24, 2.45) is 17.6 Å². The van der Waals surface area contributed by atoms with E-state index >= 15 is 0 Å². The van der Waals surface area contributed by atoms with E-state index in [1.54, 1.807) is 0 Å². The normalized spacial score (nSPS) is 23.0. The molecule has 1 saturated carbocycles. The van der Waals surface area contributed by atoms with Gasteiger partial charge in [-0.1, -0.05) is 39.0 Å². The maximum Gasteiger partial charge on any atom is 0.320 e. The van der Waals surface area contributed by atoms with Gasteiger partial charge in [0, 0.05) is 0 Å². The molecule has 1 fully saturated rings. The Hall–Kier alpha value is -0.570. The van der Waals surface area contributed by atoms with Crippen molar-refractivity contribution < 1.29 is 9.90 Å². The minimum absolute atomic E-state index is 0.460. The van der Waals surface area contributed by atoms with Gasteiger partial charge in [-0.25, -0.2) is 0 Å². The van der Waals surface area contributed by atoms with Crippen molar-refractivity contribution in [1.29, 1.82) is 0 Å². The lowest BCUT2D eigenvalue weighted by Crippen LogP contribution is -2.33. The van der Waals surface area contributed by atoms with Crippen molar-refractivity contribution in [2.45, 2.75) is 51.5 Å². The summed E-state index contributed by atoms with van der Waals surface area (Å²) in [6.07, 6.45) is 7.09. The van der Waals surface area contributed by atoms with Gasteiger partial charge in [0.1, 0.15) is 6.04 Å². The van der Waals surface area contributed by atoms with Crippen molar-refractivity contribution in [3.05, 3.63) is 0 Å². The summed E-state index contributed by atoms with van der Waals surface area (Å²) in [5, 5.41) is 8.70. The average molecular weight is 199 g/mol. The molecule has 0 radical (unpaired) electrons. The van der Waals surface area contributed by atoms with Crippen LogP contribution in [0.3, 0.4) is 0 Å². The van der Waals surface area contributed by atoms with Crippen LogP contribution in [0.15, 0.2) is 0 Å². The van der Waals surface area contributed by atoms with Gasteiger partial charge in [0.05, 0.1) is 0 Å². The highest BCUT2D eigenvalue weighted by atomic mass is 16.4. The monoisotopic (exact) mass is 199 g/mol. The molecule has 3 heteroatoms. The molecule has 82 valence electrons. The first-order chi connectivity index (χ1) is 6.61. The van der Waals surface area contributed by atoms with Gasteiger partial charge in [0.25, 0.3) is 0 Å². The summed E-state index contributed by atoms with van der Waals surface area (Å²) in [5.41, 5.74) is 5.52. The van der Waals surface area contributed by atoms with Crippen LogP contribution in [-0.2, 0) is 4.79 Å². The van der Waals surface area contributed by atoms with E-state index in [-0.39, 0.29) is 0 Å². The summed E-state index contributed by atoms with van der Waals surface area (Å²) in [4.78, 5) is 10.6. The van der Waals surface area contributed by atoms with Gasteiger partial charge in [-0.15, -0.1) is 0 Å². The predicted molar refractivity (Wildman–Crippen MR) is 56.0 cm³/mol. The first-order valence-corrected chi connectivity index (χ1v) is 5.59. The fourth-order valence-electron chi connectivity index (χ4n) is 2.40. The lowest BCUT2D eigenvalue weighted by molar-refractivity contribution is -0.139. The van der Waals surface area contributed by atoms with E-state index in [2.05, 4.69) is 6.92 Å². The third-order valence-corrected chi connectivity index (χ3v) is 3.40. The molecule has 0 aliphatic heterocycles. The van der Waals surface area contributed by atoms with Crippen LogP contribution >= 0.6 is 0 Å². The molecule has 0 heterocycles.